The average molecular weight is 1290 g/mol. The van der Waals surface area contributed by atoms with Crippen LogP contribution in [0.5, 0.6) is 0 Å². The highest BCUT2D eigenvalue weighted by Crippen LogP contribution is 2.57. The zero-order valence-electron chi connectivity index (χ0n) is 56.0. The van der Waals surface area contributed by atoms with Crippen LogP contribution in [0.3, 0.4) is 0 Å². The summed E-state index contributed by atoms with van der Waals surface area (Å²) in [7, 11) is -11.6. The van der Waals surface area contributed by atoms with Gasteiger partial charge in [-0.1, -0.05) is 128 Å². The highest BCUT2D eigenvalue weighted by atomic mass is 31.3. The van der Waals surface area contributed by atoms with Crippen molar-refractivity contribution >= 4 is 21.6 Å². The number of rotatable bonds is 42. The lowest BCUT2D eigenvalue weighted by Crippen LogP contribution is -2.68. The standard InChI is InChI=1S/C69H115NO17P2/c1-48(2)24-14-25-49(3)26-15-27-50(4)28-16-29-51(5)30-17-31-52(6)32-18-33-53(7)34-19-35-54(8)36-20-37-55(9)38-21-39-56(10)40-22-41-57(11)42-23-43-58(12)44-45-82-88(78,79)87-89(80,81)86-68-62(70-59(13)73)67(64(75)61(47-72)83-68)85-69-66(77)65(76)63(74)60(46-71)84-69/h24,26,28,30,32,34,36,38,40,42,44,60-69,71-72,74-77H,14-23,25,27,29,31,33,35,37,39,41,43,45-47H2,1-13H3,(H,70,73)(H,78,79)(H,80,81)/p-2/b49-26+,50-28+,51-30-,52-32-,53-34-,54-36-,55-38-,56-40-,57-42-,58-44-/t60-,61-,62-,63-,64+,65+,66+,67-,68-,69-/m1/s1. The molecule has 12 atom stereocenters. The van der Waals surface area contributed by atoms with Gasteiger partial charge >= 0.3 is 0 Å². The number of nitrogens with one attached hydrogen (secondary N) is 1. The zero-order chi connectivity index (χ0) is 66.7. The molecule has 0 spiro atoms. The Morgan fingerprint density at radius 2 is 0.730 bits per heavy atom. The first-order valence-electron chi connectivity index (χ1n) is 32.0. The summed E-state index contributed by atoms with van der Waals surface area (Å²) in [6, 6.07) is -1.82. The first-order chi connectivity index (χ1) is 42.0. The molecule has 89 heavy (non-hydrogen) atoms. The number of carbonyl (C=O) groups is 1. The minimum atomic E-state index is -5.95. The van der Waals surface area contributed by atoms with Crippen molar-refractivity contribution < 1.29 is 81.9 Å². The minimum Gasteiger partial charge on any atom is -0.756 e. The van der Waals surface area contributed by atoms with E-state index in [0.717, 1.165) is 128 Å². The topological polar surface area (TPSA) is 286 Å². The predicted octanol–water partition coefficient (Wildman–Crippen LogP) is 13.0. The smallest absolute Gasteiger partial charge is 0.276 e. The van der Waals surface area contributed by atoms with Crippen LogP contribution in [-0.2, 0) is 41.5 Å². The lowest BCUT2D eigenvalue weighted by Gasteiger charge is -2.48. The van der Waals surface area contributed by atoms with Crippen molar-refractivity contribution in [3.8, 4) is 0 Å². The fourth-order valence-electron chi connectivity index (χ4n) is 10.1. The minimum absolute atomic E-state index is 0.570. The predicted molar refractivity (Wildman–Crippen MR) is 351 cm³/mol. The number of hydrogen-bond acceptors (Lipinski definition) is 17. The number of ether oxygens (including phenoxy) is 3. The molecule has 2 rings (SSSR count). The van der Waals surface area contributed by atoms with E-state index in [0.29, 0.717) is 12.8 Å². The lowest BCUT2D eigenvalue weighted by atomic mass is 9.95. The summed E-state index contributed by atoms with van der Waals surface area (Å²) in [5.74, 6) is -0.853. The summed E-state index contributed by atoms with van der Waals surface area (Å²) in [6.07, 6.45) is 29.0. The van der Waals surface area contributed by atoms with Gasteiger partial charge in [-0.15, -0.1) is 0 Å². The Kier molecular flexibility index (Phi) is 40.5. The second-order valence-corrected chi connectivity index (χ2v) is 27.7. The van der Waals surface area contributed by atoms with Crippen molar-refractivity contribution in [3.05, 3.63) is 128 Å². The summed E-state index contributed by atoms with van der Waals surface area (Å²) in [4.78, 5) is 37.9. The third-order valence-electron chi connectivity index (χ3n) is 15.8. The van der Waals surface area contributed by atoms with Crippen molar-refractivity contribution in [2.45, 2.75) is 280 Å². The van der Waals surface area contributed by atoms with E-state index in [4.69, 9.17) is 23.3 Å². The molecule has 7 N–H and O–H groups in total. The van der Waals surface area contributed by atoms with Crippen molar-refractivity contribution in [3.63, 3.8) is 0 Å². The fraction of sp³-hybridized carbons (Fsp3) is 0.667. The number of phosphoric ester groups is 2. The molecule has 508 valence electrons. The van der Waals surface area contributed by atoms with Gasteiger partial charge in [0.1, 0.15) is 48.8 Å². The normalized spacial score (nSPS) is 25.7. The fourth-order valence-corrected chi connectivity index (χ4v) is 12.1. The van der Waals surface area contributed by atoms with E-state index in [1.165, 1.54) is 61.8 Å². The molecule has 2 fully saturated rings. The van der Waals surface area contributed by atoms with Crippen LogP contribution in [0.4, 0.5) is 0 Å². The van der Waals surface area contributed by atoms with Crippen LogP contribution >= 0.6 is 15.6 Å². The first-order valence-corrected chi connectivity index (χ1v) is 34.9. The van der Waals surface area contributed by atoms with E-state index >= 15 is 0 Å². The molecule has 2 aliphatic rings. The Balaban J connectivity index is 1.70. The molecular formula is C69H113NO17P2-2. The van der Waals surface area contributed by atoms with Crippen LogP contribution in [0.25, 0.3) is 0 Å². The highest BCUT2D eigenvalue weighted by molar-refractivity contribution is 7.59. The molecule has 2 saturated heterocycles. The summed E-state index contributed by atoms with van der Waals surface area (Å²) in [5.41, 5.74) is 15.0. The van der Waals surface area contributed by atoms with Crippen molar-refractivity contribution in [2.24, 2.45) is 0 Å². The number of amides is 1. The van der Waals surface area contributed by atoms with Crippen LogP contribution in [0.2, 0.25) is 0 Å². The van der Waals surface area contributed by atoms with E-state index in [1.54, 1.807) is 6.92 Å². The maximum absolute atomic E-state index is 13.0. The van der Waals surface area contributed by atoms with Gasteiger partial charge < -0.3 is 64.5 Å². The average Bonchev–Trinajstić information content (AvgIpc) is 1.01. The van der Waals surface area contributed by atoms with E-state index in [1.807, 2.05) is 0 Å². The van der Waals surface area contributed by atoms with Crippen LogP contribution < -0.4 is 15.1 Å². The number of aliphatic hydroxyl groups excluding tert-OH is 6. The van der Waals surface area contributed by atoms with Gasteiger partial charge in [-0.05, 0) is 212 Å². The van der Waals surface area contributed by atoms with E-state index in [2.05, 4.69) is 147 Å². The number of hydrogen-bond donors (Lipinski definition) is 7. The number of allylic oxidation sites excluding steroid dienone is 21. The Morgan fingerprint density at radius 1 is 0.427 bits per heavy atom. The summed E-state index contributed by atoms with van der Waals surface area (Å²) in [6.45, 7) is 24.7. The Bertz CT molecular complexity index is 2590. The van der Waals surface area contributed by atoms with E-state index < -0.39 is 103 Å². The molecule has 0 bridgehead atoms. The van der Waals surface area contributed by atoms with Gasteiger partial charge in [-0.3, -0.25) is 18.4 Å². The van der Waals surface area contributed by atoms with Gasteiger partial charge in [0.15, 0.2) is 12.6 Å². The molecule has 0 aromatic rings. The quantitative estimate of drug-likeness (QED) is 0.0221. The second kappa shape index (κ2) is 44.2. The maximum Gasteiger partial charge on any atom is 0.276 e. The molecule has 18 nitrogen and oxygen atoms in total. The highest BCUT2D eigenvalue weighted by Gasteiger charge is 2.52. The number of phosphoric acid groups is 2. The summed E-state index contributed by atoms with van der Waals surface area (Å²) < 4.78 is 55.9. The first kappa shape index (κ1) is 81.6. The third-order valence-corrected chi connectivity index (χ3v) is 18.4. The second-order valence-electron chi connectivity index (χ2n) is 24.8. The van der Waals surface area contributed by atoms with Crippen molar-refractivity contribution in [1.29, 1.82) is 0 Å². The molecule has 0 aromatic carbocycles. The molecule has 2 heterocycles. The van der Waals surface area contributed by atoms with Crippen LogP contribution in [0.1, 0.15) is 218 Å². The molecule has 2 unspecified atom stereocenters. The molecule has 0 aromatic heterocycles. The monoisotopic (exact) mass is 1290 g/mol. The van der Waals surface area contributed by atoms with Crippen molar-refractivity contribution in [1.82, 2.24) is 5.32 Å². The number of aliphatic hydroxyl groups is 6. The largest absolute Gasteiger partial charge is 0.756 e. The molecular weight excluding hydrogens is 1180 g/mol. The molecule has 1 amide bonds. The Morgan fingerprint density at radius 3 is 1.04 bits per heavy atom. The zero-order valence-corrected chi connectivity index (χ0v) is 57.7. The van der Waals surface area contributed by atoms with Crippen LogP contribution in [0, 0.1) is 0 Å². The van der Waals surface area contributed by atoms with E-state index in [-0.39, 0.29) is 0 Å². The van der Waals surface area contributed by atoms with Gasteiger partial charge in [-0.25, -0.2) is 4.31 Å². The van der Waals surface area contributed by atoms with Crippen molar-refractivity contribution in [2.75, 3.05) is 19.8 Å². The summed E-state index contributed by atoms with van der Waals surface area (Å²) in [5, 5.41) is 63.6. The van der Waals surface area contributed by atoms with Crippen LogP contribution in [0.15, 0.2) is 128 Å². The number of carbonyl (C=O) groups excluding carboxylic acids is 1. The molecule has 0 saturated carbocycles. The Hall–Kier alpha value is -3.49. The third kappa shape index (κ3) is 35.9. The molecule has 20 heteroatoms. The SMILES string of the molecule is CC(=O)N[C@H]1[C@@H](OP(=O)([O-])OP(=O)([O-])OC/C=C(/C)CC/C=C(/C)CC/C=C(/C)CC/C=C(/C)CC/C=C(/C)CC/C=C(/C)CC/C=C(/C)CC/C=C(/C)CC/C=C(\C)CC/C=C(\C)CCC=C(C)C)O[C@H](CO)[C@H](O)[C@@H]1O[C@H]1O[C@H](CO)[C@@H](O)[C@H](O)[C@@H]1O. The summed E-state index contributed by atoms with van der Waals surface area (Å²) >= 11 is 0. The Labute approximate surface area is 534 Å². The van der Waals surface area contributed by atoms with Gasteiger partial charge in [0, 0.05) is 6.92 Å². The lowest BCUT2D eigenvalue weighted by molar-refractivity contribution is -0.343. The van der Waals surface area contributed by atoms with Gasteiger partial charge in [0.2, 0.25) is 5.91 Å². The maximum atomic E-state index is 13.0. The molecule has 0 aliphatic carbocycles. The van der Waals surface area contributed by atoms with Gasteiger partial charge in [-0.2, -0.15) is 0 Å². The van der Waals surface area contributed by atoms with E-state index in [9.17, 15) is 54.4 Å². The van der Waals surface area contributed by atoms with Crippen LogP contribution in [-0.4, -0.2) is 118 Å². The molecule has 2 aliphatic heterocycles. The van der Waals surface area contributed by atoms with Gasteiger partial charge in [0.25, 0.3) is 15.6 Å². The molecule has 0 radical (unpaired) electrons. The van der Waals surface area contributed by atoms with Gasteiger partial charge in [0.05, 0.1) is 19.8 Å².